The Hall–Kier alpha value is -1.13. The third-order valence-corrected chi connectivity index (χ3v) is 2.75. The van der Waals surface area contributed by atoms with Crippen LogP contribution in [0.5, 0.6) is 0 Å². The van der Waals surface area contributed by atoms with E-state index in [1.807, 2.05) is 13.0 Å². The van der Waals surface area contributed by atoms with Crippen molar-refractivity contribution in [1.82, 2.24) is 0 Å². The minimum Gasteiger partial charge on any atom is -0.496 e. The summed E-state index contributed by atoms with van der Waals surface area (Å²) < 4.78 is 16.5. The van der Waals surface area contributed by atoms with E-state index in [1.165, 1.54) is 6.08 Å². The first-order chi connectivity index (χ1) is 7.66. The molecule has 2 aliphatic heterocycles. The molecule has 0 spiro atoms. The molecule has 0 fully saturated rings. The molecule has 0 aliphatic carbocycles. The maximum absolute atomic E-state index is 11.2. The molecule has 0 saturated carbocycles. The second kappa shape index (κ2) is 4.80. The predicted molar refractivity (Wildman–Crippen MR) is 57.7 cm³/mol. The zero-order valence-electron chi connectivity index (χ0n) is 9.46. The first-order valence-corrected chi connectivity index (χ1v) is 5.50. The highest BCUT2D eigenvalue weighted by Crippen LogP contribution is 2.19. The van der Waals surface area contributed by atoms with Gasteiger partial charge in [0.1, 0.15) is 18.3 Å². The van der Waals surface area contributed by atoms with E-state index in [1.54, 1.807) is 19.3 Å². The molecule has 0 aromatic carbocycles. The summed E-state index contributed by atoms with van der Waals surface area (Å²) in [4.78, 5) is 11.2. The Kier molecular flexibility index (Phi) is 3.41. The third kappa shape index (κ3) is 2.51. The van der Waals surface area contributed by atoms with Crippen LogP contribution in [0, 0.1) is 0 Å². The van der Waals surface area contributed by atoms with Crippen molar-refractivity contribution in [3.05, 3.63) is 24.5 Å². The summed E-state index contributed by atoms with van der Waals surface area (Å²) in [5.74, 6) is -0.0207. The number of hydrogen-bond donors (Lipinski definition) is 0. The van der Waals surface area contributed by atoms with Crippen LogP contribution in [0.1, 0.15) is 20.3 Å². The molecule has 0 saturated heterocycles. The van der Waals surface area contributed by atoms with E-state index in [2.05, 4.69) is 0 Å². The summed E-state index contributed by atoms with van der Waals surface area (Å²) in [6, 6.07) is 0. The summed E-state index contributed by atoms with van der Waals surface area (Å²) >= 11 is 0. The van der Waals surface area contributed by atoms with Gasteiger partial charge in [-0.3, -0.25) is 4.79 Å². The van der Waals surface area contributed by atoms with Gasteiger partial charge in [-0.2, -0.15) is 0 Å². The molecular formula is C12H16O4. The summed E-state index contributed by atoms with van der Waals surface area (Å²) in [5, 5.41) is 0. The fourth-order valence-electron chi connectivity index (χ4n) is 1.69. The van der Waals surface area contributed by atoms with Crippen LogP contribution in [-0.4, -0.2) is 30.4 Å². The highest BCUT2D eigenvalue weighted by molar-refractivity contribution is 5.93. The van der Waals surface area contributed by atoms with Crippen molar-refractivity contribution in [3.63, 3.8) is 0 Å². The molecule has 0 amide bonds. The topological polar surface area (TPSA) is 44.8 Å². The minimum absolute atomic E-state index is 0.00920. The normalized spacial score (nSPS) is 38.5. The molecule has 4 atom stereocenters. The van der Waals surface area contributed by atoms with Crippen molar-refractivity contribution >= 4 is 5.78 Å². The van der Waals surface area contributed by atoms with E-state index in [4.69, 9.17) is 14.2 Å². The Labute approximate surface area is 94.9 Å². The van der Waals surface area contributed by atoms with Gasteiger partial charge in [0, 0.05) is 0 Å². The van der Waals surface area contributed by atoms with Crippen LogP contribution in [0.3, 0.4) is 0 Å². The van der Waals surface area contributed by atoms with Crippen molar-refractivity contribution in [3.8, 4) is 0 Å². The standard InChI is InChI=1S/C12H16O4/c1-8-10(13)5-6-12(15-8)16-11-4-3-7-14-9(11)2/h3,5-9,11-12H,4H2,1-2H3/t8-,9-,11-,12-/m0/s1. The molecule has 0 N–H and O–H groups in total. The summed E-state index contributed by atoms with van der Waals surface area (Å²) in [7, 11) is 0. The van der Waals surface area contributed by atoms with Crippen LogP contribution in [0.15, 0.2) is 24.5 Å². The minimum atomic E-state index is -0.449. The lowest BCUT2D eigenvalue weighted by atomic mass is 10.1. The molecule has 2 heterocycles. The lowest BCUT2D eigenvalue weighted by Gasteiger charge is -2.31. The molecule has 16 heavy (non-hydrogen) atoms. The zero-order valence-corrected chi connectivity index (χ0v) is 9.46. The lowest BCUT2D eigenvalue weighted by molar-refractivity contribution is -0.191. The zero-order chi connectivity index (χ0) is 11.5. The molecule has 0 radical (unpaired) electrons. The molecule has 4 nitrogen and oxygen atoms in total. The number of carbonyl (C=O) groups is 1. The van der Waals surface area contributed by atoms with Gasteiger partial charge in [0.05, 0.1) is 6.26 Å². The number of ether oxygens (including phenoxy) is 3. The quantitative estimate of drug-likeness (QED) is 0.714. The molecule has 0 aromatic rings. The molecule has 0 aromatic heterocycles. The van der Waals surface area contributed by atoms with Gasteiger partial charge in [-0.25, -0.2) is 0 Å². The molecule has 2 rings (SSSR count). The van der Waals surface area contributed by atoms with Crippen LogP contribution in [0.25, 0.3) is 0 Å². The van der Waals surface area contributed by atoms with E-state index in [0.29, 0.717) is 0 Å². The first-order valence-electron chi connectivity index (χ1n) is 5.50. The van der Waals surface area contributed by atoms with Crippen molar-refractivity contribution in [2.45, 2.75) is 44.9 Å². The number of hydrogen-bond acceptors (Lipinski definition) is 4. The molecule has 88 valence electrons. The first kappa shape index (κ1) is 11.4. The lowest BCUT2D eigenvalue weighted by Crippen LogP contribution is -2.38. The Bertz CT molecular complexity index is 321. The van der Waals surface area contributed by atoms with Gasteiger partial charge in [0.25, 0.3) is 0 Å². The van der Waals surface area contributed by atoms with Crippen molar-refractivity contribution < 1.29 is 19.0 Å². The molecule has 2 aliphatic rings. The van der Waals surface area contributed by atoms with Gasteiger partial charge in [-0.1, -0.05) is 0 Å². The van der Waals surface area contributed by atoms with E-state index in [9.17, 15) is 4.79 Å². The molecule has 0 unspecified atom stereocenters. The van der Waals surface area contributed by atoms with Gasteiger partial charge >= 0.3 is 0 Å². The summed E-state index contributed by atoms with van der Waals surface area (Å²) in [6.07, 6.45) is 6.68. The largest absolute Gasteiger partial charge is 0.496 e. The average molecular weight is 224 g/mol. The summed E-state index contributed by atoms with van der Waals surface area (Å²) in [6.45, 7) is 3.68. The molecule has 4 heteroatoms. The van der Waals surface area contributed by atoms with E-state index < -0.39 is 12.4 Å². The van der Waals surface area contributed by atoms with Crippen LogP contribution < -0.4 is 0 Å². The Morgan fingerprint density at radius 2 is 2.25 bits per heavy atom. The van der Waals surface area contributed by atoms with E-state index in [0.717, 1.165) is 6.42 Å². The van der Waals surface area contributed by atoms with Crippen molar-refractivity contribution in [1.29, 1.82) is 0 Å². The second-order valence-corrected chi connectivity index (χ2v) is 4.03. The van der Waals surface area contributed by atoms with Gasteiger partial charge in [-0.05, 0) is 38.5 Å². The SMILES string of the molecule is C[C@@H]1O[C@@H](O[C@H]2CC=CO[C@H]2C)C=CC1=O. The van der Waals surface area contributed by atoms with Crippen LogP contribution in [0.4, 0.5) is 0 Å². The average Bonchev–Trinajstić information content (AvgIpc) is 2.27. The number of carbonyl (C=O) groups excluding carboxylic acids is 1. The monoisotopic (exact) mass is 224 g/mol. The van der Waals surface area contributed by atoms with Gasteiger partial charge in [-0.15, -0.1) is 0 Å². The fraction of sp³-hybridized carbons (Fsp3) is 0.583. The van der Waals surface area contributed by atoms with Crippen molar-refractivity contribution in [2.24, 2.45) is 0 Å². The summed E-state index contributed by atoms with van der Waals surface area (Å²) in [5.41, 5.74) is 0. The third-order valence-electron chi connectivity index (χ3n) is 2.75. The van der Waals surface area contributed by atoms with Crippen molar-refractivity contribution in [2.75, 3.05) is 0 Å². The second-order valence-electron chi connectivity index (χ2n) is 4.03. The maximum Gasteiger partial charge on any atom is 0.184 e. The Balaban J connectivity index is 1.92. The predicted octanol–water partition coefficient (Wildman–Crippen LogP) is 1.56. The maximum atomic E-state index is 11.2. The van der Waals surface area contributed by atoms with E-state index in [-0.39, 0.29) is 18.0 Å². The Morgan fingerprint density at radius 3 is 2.94 bits per heavy atom. The number of rotatable bonds is 2. The highest BCUT2D eigenvalue weighted by Gasteiger charge is 2.27. The van der Waals surface area contributed by atoms with Crippen LogP contribution in [-0.2, 0) is 19.0 Å². The fourth-order valence-corrected chi connectivity index (χ4v) is 1.69. The van der Waals surface area contributed by atoms with Gasteiger partial charge in [0.2, 0.25) is 0 Å². The molecule has 0 bridgehead atoms. The molecular weight excluding hydrogens is 208 g/mol. The van der Waals surface area contributed by atoms with E-state index >= 15 is 0 Å². The highest BCUT2D eigenvalue weighted by atomic mass is 16.7. The van der Waals surface area contributed by atoms with Gasteiger partial charge in [0.15, 0.2) is 12.1 Å². The van der Waals surface area contributed by atoms with Gasteiger partial charge < -0.3 is 14.2 Å². The van der Waals surface area contributed by atoms with Crippen LogP contribution in [0.2, 0.25) is 0 Å². The number of ketones is 1. The van der Waals surface area contributed by atoms with Crippen LogP contribution >= 0.6 is 0 Å². The Morgan fingerprint density at radius 1 is 1.44 bits per heavy atom. The smallest absolute Gasteiger partial charge is 0.184 e.